The number of rotatable bonds is 6. The molecule has 0 spiro atoms. The van der Waals surface area contributed by atoms with Crippen molar-refractivity contribution in [3.05, 3.63) is 40.2 Å². The summed E-state index contributed by atoms with van der Waals surface area (Å²) in [4.78, 5) is 36.3. The van der Waals surface area contributed by atoms with Gasteiger partial charge >= 0.3 is 11.6 Å². The van der Waals surface area contributed by atoms with Crippen LogP contribution in [-0.2, 0) is 9.53 Å². The van der Waals surface area contributed by atoms with Crippen LogP contribution in [0.3, 0.4) is 0 Å². The molecule has 1 unspecified atom stereocenters. The molecule has 1 aromatic carbocycles. The summed E-state index contributed by atoms with van der Waals surface area (Å²) < 4.78 is 15.2. The summed E-state index contributed by atoms with van der Waals surface area (Å²) in [5.74, 6) is -0.738. The van der Waals surface area contributed by atoms with Gasteiger partial charge < -0.3 is 19.2 Å². The lowest BCUT2D eigenvalue weighted by atomic mass is 10.0. The molecule has 0 bridgehead atoms. The lowest BCUT2D eigenvalue weighted by molar-refractivity contribution is -0.144. The van der Waals surface area contributed by atoms with E-state index in [1.165, 1.54) is 7.11 Å². The Morgan fingerprint density at radius 2 is 1.96 bits per heavy atom. The standard InChI is InChI=1S/C18H21NO6/c1-5-24-11-6-7-12-13(9-15(20)25-14(12)8-11)17(21)19-16(10(2)3)18(22)23-4/h6-10,16H,5H2,1-4H3,(H,19,21). The van der Waals surface area contributed by atoms with E-state index in [1.807, 2.05) is 6.92 Å². The highest BCUT2D eigenvalue weighted by Gasteiger charge is 2.26. The Labute approximate surface area is 144 Å². The van der Waals surface area contributed by atoms with E-state index >= 15 is 0 Å². The SMILES string of the molecule is CCOc1ccc2c(C(=O)NC(C(=O)OC)C(C)C)cc(=O)oc2c1. The van der Waals surface area contributed by atoms with E-state index in [0.29, 0.717) is 17.7 Å². The average Bonchev–Trinajstić information content (AvgIpc) is 2.57. The quantitative estimate of drug-likeness (QED) is 0.635. The number of nitrogens with one attached hydrogen (secondary N) is 1. The molecule has 0 aliphatic rings. The highest BCUT2D eigenvalue weighted by molar-refractivity contribution is 6.06. The van der Waals surface area contributed by atoms with E-state index in [2.05, 4.69) is 5.32 Å². The topological polar surface area (TPSA) is 94.8 Å². The fraction of sp³-hybridized carbons (Fsp3) is 0.389. The van der Waals surface area contributed by atoms with Crippen molar-refractivity contribution < 1.29 is 23.5 Å². The van der Waals surface area contributed by atoms with Gasteiger partial charge in [-0.05, 0) is 25.0 Å². The van der Waals surface area contributed by atoms with Gasteiger partial charge in [-0.2, -0.15) is 0 Å². The zero-order chi connectivity index (χ0) is 18.6. The second kappa shape index (κ2) is 7.83. The maximum atomic E-state index is 12.6. The molecule has 0 radical (unpaired) electrons. The molecule has 1 atom stereocenters. The minimum Gasteiger partial charge on any atom is -0.494 e. The number of esters is 1. The fourth-order valence-corrected chi connectivity index (χ4v) is 2.43. The molecule has 0 saturated carbocycles. The molecule has 0 aliphatic heterocycles. The second-order valence-corrected chi connectivity index (χ2v) is 5.79. The summed E-state index contributed by atoms with van der Waals surface area (Å²) in [6.07, 6.45) is 0. The summed E-state index contributed by atoms with van der Waals surface area (Å²) >= 11 is 0. The van der Waals surface area contributed by atoms with Crippen LogP contribution in [0.2, 0.25) is 0 Å². The van der Waals surface area contributed by atoms with Gasteiger partial charge in [-0.25, -0.2) is 9.59 Å². The largest absolute Gasteiger partial charge is 0.494 e. The Hall–Kier alpha value is -2.83. The van der Waals surface area contributed by atoms with Gasteiger partial charge in [-0.1, -0.05) is 13.8 Å². The predicted molar refractivity (Wildman–Crippen MR) is 91.8 cm³/mol. The third-order valence-corrected chi connectivity index (χ3v) is 3.68. The molecule has 1 N–H and O–H groups in total. The molecule has 2 rings (SSSR count). The van der Waals surface area contributed by atoms with Crippen molar-refractivity contribution in [3.63, 3.8) is 0 Å². The van der Waals surface area contributed by atoms with Crippen molar-refractivity contribution in [1.29, 1.82) is 0 Å². The first kappa shape index (κ1) is 18.5. The first-order chi connectivity index (χ1) is 11.9. The van der Waals surface area contributed by atoms with E-state index in [1.54, 1.807) is 32.0 Å². The highest BCUT2D eigenvalue weighted by atomic mass is 16.5. The summed E-state index contributed by atoms with van der Waals surface area (Å²) in [6, 6.07) is 5.16. The van der Waals surface area contributed by atoms with Crippen LogP contribution in [0.25, 0.3) is 11.0 Å². The normalized spacial score (nSPS) is 12.0. The molecule has 0 saturated heterocycles. The molecule has 1 amide bonds. The number of carbonyl (C=O) groups is 2. The number of hydrogen-bond donors (Lipinski definition) is 1. The zero-order valence-corrected chi connectivity index (χ0v) is 14.6. The Morgan fingerprint density at radius 3 is 2.56 bits per heavy atom. The number of ether oxygens (including phenoxy) is 2. The van der Waals surface area contributed by atoms with Gasteiger partial charge in [0, 0.05) is 17.5 Å². The molecule has 25 heavy (non-hydrogen) atoms. The minimum atomic E-state index is -0.817. The first-order valence-corrected chi connectivity index (χ1v) is 7.96. The van der Waals surface area contributed by atoms with E-state index in [-0.39, 0.29) is 17.1 Å². The first-order valence-electron chi connectivity index (χ1n) is 7.96. The lowest BCUT2D eigenvalue weighted by Crippen LogP contribution is -2.45. The number of carbonyl (C=O) groups excluding carboxylic acids is 2. The second-order valence-electron chi connectivity index (χ2n) is 5.79. The van der Waals surface area contributed by atoms with Gasteiger partial charge in [-0.15, -0.1) is 0 Å². The maximum absolute atomic E-state index is 12.6. The highest BCUT2D eigenvalue weighted by Crippen LogP contribution is 2.23. The molecule has 0 fully saturated rings. The van der Waals surface area contributed by atoms with Crippen molar-refractivity contribution in [1.82, 2.24) is 5.32 Å². The van der Waals surface area contributed by atoms with Crippen LogP contribution >= 0.6 is 0 Å². The number of methoxy groups -OCH3 is 1. The Balaban J connectivity index is 2.43. The summed E-state index contributed by atoms with van der Waals surface area (Å²) in [5.41, 5.74) is -0.294. The van der Waals surface area contributed by atoms with E-state index in [9.17, 15) is 14.4 Å². The van der Waals surface area contributed by atoms with Gasteiger partial charge in [0.1, 0.15) is 17.4 Å². The lowest BCUT2D eigenvalue weighted by Gasteiger charge is -2.20. The monoisotopic (exact) mass is 347 g/mol. The van der Waals surface area contributed by atoms with E-state index in [4.69, 9.17) is 13.9 Å². The Morgan fingerprint density at radius 1 is 1.24 bits per heavy atom. The van der Waals surface area contributed by atoms with Crippen LogP contribution in [0, 0.1) is 5.92 Å². The third-order valence-electron chi connectivity index (χ3n) is 3.68. The Kier molecular flexibility index (Phi) is 5.80. The Bertz CT molecular complexity index is 839. The summed E-state index contributed by atoms with van der Waals surface area (Å²) in [7, 11) is 1.26. The van der Waals surface area contributed by atoms with Gasteiger partial charge in [0.2, 0.25) is 0 Å². The van der Waals surface area contributed by atoms with Crippen molar-refractivity contribution in [3.8, 4) is 5.75 Å². The molecule has 2 aromatic rings. The van der Waals surface area contributed by atoms with Crippen LogP contribution < -0.4 is 15.7 Å². The molecule has 134 valence electrons. The van der Waals surface area contributed by atoms with Crippen molar-refractivity contribution in [2.24, 2.45) is 5.92 Å². The molecule has 7 heteroatoms. The average molecular weight is 347 g/mol. The maximum Gasteiger partial charge on any atom is 0.337 e. The van der Waals surface area contributed by atoms with Gasteiger partial charge in [0.05, 0.1) is 19.3 Å². The zero-order valence-electron chi connectivity index (χ0n) is 14.6. The van der Waals surface area contributed by atoms with Gasteiger partial charge in [-0.3, -0.25) is 4.79 Å². The van der Waals surface area contributed by atoms with Crippen LogP contribution in [0.4, 0.5) is 0 Å². The molecule has 1 aromatic heterocycles. The number of fused-ring (bicyclic) bond motifs is 1. The molecule has 1 heterocycles. The number of benzene rings is 1. The van der Waals surface area contributed by atoms with Crippen molar-refractivity contribution >= 4 is 22.8 Å². The van der Waals surface area contributed by atoms with Crippen LogP contribution in [0.1, 0.15) is 31.1 Å². The van der Waals surface area contributed by atoms with Crippen LogP contribution in [-0.4, -0.2) is 31.6 Å². The van der Waals surface area contributed by atoms with Crippen LogP contribution in [0.15, 0.2) is 33.5 Å². The number of amides is 1. The fourth-order valence-electron chi connectivity index (χ4n) is 2.43. The minimum absolute atomic E-state index is 0.129. The van der Waals surface area contributed by atoms with Crippen LogP contribution in [0.5, 0.6) is 5.75 Å². The van der Waals surface area contributed by atoms with E-state index < -0.39 is 23.5 Å². The van der Waals surface area contributed by atoms with Gasteiger partial charge in [0.25, 0.3) is 5.91 Å². The number of hydrogen-bond acceptors (Lipinski definition) is 6. The van der Waals surface area contributed by atoms with E-state index in [0.717, 1.165) is 6.07 Å². The van der Waals surface area contributed by atoms with Crippen molar-refractivity contribution in [2.75, 3.05) is 13.7 Å². The predicted octanol–water partition coefficient (Wildman–Crippen LogP) is 2.12. The molecule has 0 aliphatic carbocycles. The molecule has 7 nitrogen and oxygen atoms in total. The smallest absolute Gasteiger partial charge is 0.337 e. The summed E-state index contributed by atoms with van der Waals surface area (Å²) in [6.45, 7) is 5.87. The summed E-state index contributed by atoms with van der Waals surface area (Å²) in [5, 5.41) is 3.07. The van der Waals surface area contributed by atoms with Crippen molar-refractivity contribution in [2.45, 2.75) is 26.8 Å². The third kappa shape index (κ3) is 4.17. The molecular weight excluding hydrogens is 326 g/mol. The van der Waals surface area contributed by atoms with Gasteiger partial charge in [0.15, 0.2) is 0 Å². The molecular formula is C18H21NO6.